The van der Waals surface area contributed by atoms with E-state index in [9.17, 15) is 0 Å². The summed E-state index contributed by atoms with van der Waals surface area (Å²) < 4.78 is 5.27. The van der Waals surface area contributed by atoms with Crippen molar-refractivity contribution in [3.8, 4) is 5.75 Å². The van der Waals surface area contributed by atoms with E-state index in [-0.39, 0.29) is 5.84 Å². The Morgan fingerprint density at radius 2 is 2.29 bits per heavy atom. The SMILES string of the molecule is COc1cc(CNCc2csc(C)n2)ccc1/C(N)=N/O. The van der Waals surface area contributed by atoms with Crippen LogP contribution in [0, 0.1) is 6.92 Å². The summed E-state index contributed by atoms with van der Waals surface area (Å²) in [4.78, 5) is 4.40. The molecule has 1 aromatic carbocycles. The Bertz CT molecular complexity index is 640. The number of hydrogen-bond acceptors (Lipinski definition) is 6. The Kier molecular flexibility index (Phi) is 5.13. The lowest BCUT2D eigenvalue weighted by molar-refractivity contribution is 0.318. The molecule has 21 heavy (non-hydrogen) atoms. The molecule has 6 nitrogen and oxygen atoms in total. The Hall–Kier alpha value is -2.12. The summed E-state index contributed by atoms with van der Waals surface area (Å²) in [5.74, 6) is 0.610. The first kappa shape index (κ1) is 15.3. The Balaban J connectivity index is 2.00. The minimum absolute atomic E-state index is 0.0318. The molecule has 0 aliphatic heterocycles. The molecule has 0 aliphatic carbocycles. The molecule has 2 aromatic rings. The van der Waals surface area contributed by atoms with Crippen LogP contribution in [0.25, 0.3) is 0 Å². The number of rotatable bonds is 6. The smallest absolute Gasteiger partial charge is 0.173 e. The third-order valence-corrected chi connectivity index (χ3v) is 3.77. The third kappa shape index (κ3) is 3.93. The second kappa shape index (κ2) is 7.05. The highest BCUT2D eigenvalue weighted by molar-refractivity contribution is 7.09. The Labute approximate surface area is 127 Å². The van der Waals surface area contributed by atoms with Crippen LogP contribution in [0.1, 0.15) is 21.8 Å². The van der Waals surface area contributed by atoms with Crippen LogP contribution in [-0.2, 0) is 13.1 Å². The van der Waals surface area contributed by atoms with Gasteiger partial charge in [-0.15, -0.1) is 11.3 Å². The third-order valence-electron chi connectivity index (χ3n) is 2.95. The van der Waals surface area contributed by atoms with Gasteiger partial charge >= 0.3 is 0 Å². The van der Waals surface area contributed by atoms with E-state index < -0.39 is 0 Å². The van der Waals surface area contributed by atoms with E-state index in [0.29, 0.717) is 24.4 Å². The van der Waals surface area contributed by atoms with Gasteiger partial charge in [-0.3, -0.25) is 0 Å². The zero-order chi connectivity index (χ0) is 15.2. The van der Waals surface area contributed by atoms with Gasteiger partial charge in [0.05, 0.1) is 23.4 Å². The molecule has 7 heteroatoms. The number of nitrogens with zero attached hydrogens (tertiary/aromatic N) is 2. The lowest BCUT2D eigenvalue weighted by atomic mass is 10.1. The molecule has 2 rings (SSSR count). The summed E-state index contributed by atoms with van der Waals surface area (Å²) >= 11 is 1.64. The summed E-state index contributed by atoms with van der Waals surface area (Å²) in [6, 6.07) is 5.56. The molecule has 0 radical (unpaired) electrons. The quantitative estimate of drug-likeness (QED) is 0.328. The zero-order valence-corrected chi connectivity index (χ0v) is 12.8. The van der Waals surface area contributed by atoms with Gasteiger partial charge in [0, 0.05) is 18.5 Å². The number of aryl methyl sites for hydroxylation is 1. The van der Waals surface area contributed by atoms with Crippen LogP contribution in [0.4, 0.5) is 0 Å². The second-order valence-corrected chi connectivity index (χ2v) is 5.54. The van der Waals surface area contributed by atoms with E-state index in [4.69, 9.17) is 15.7 Å². The van der Waals surface area contributed by atoms with Crippen molar-refractivity contribution in [3.05, 3.63) is 45.4 Å². The average molecular weight is 306 g/mol. The highest BCUT2D eigenvalue weighted by Gasteiger charge is 2.08. The number of aromatic nitrogens is 1. The van der Waals surface area contributed by atoms with E-state index in [2.05, 4.69) is 15.5 Å². The first-order valence-corrected chi connectivity index (χ1v) is 7.28. The fourth-order valence-corrected chi connectivity index (χ4v) is 2.55. The molecule has 4 N–H and O–H groups in total. The number of ether oxygens (including phenoxy) is 1. The Morgan fingerprint density at radius 3 is 2.90 bits per heavy atom. The predicted octanol–water partition coefficient (Wildman–Crippen LogP) is 1.84. The van der Waals surface area contributed by atoms with E-state index >= 15 is 0 Å². The highest BCUT2D eigenvalue weighted by atomic mass is 32.1. The maximum atomic E-state index is 8.74. The summed E-state index contributed by atoms with van der Waals surface area (Å²) in [5.41, 5.74) is 8.25. The number of nitrogens with two attached hydrogens (primary N) is 1. The van der Waals surface area contributed by atoms with Gasteiger partial charge in [-0.25, -0.2) is 4.98 Å². The van der Waals surface area contributed by atoms with Crippen molar-refractivity contribution in [3.63, 3.8) is 0 Å². The highest BCUT2D eigenvalue weighted by Crippen LogP contribution is 2.20. The van der Waals surface area contributed by atoms with Crippen molar-refractivity contribution in [2.24, 2.45) is 10.9 Å². The molecular formula is C14H18N4O2S. The number of oxime groups is 1. The van der Waals surface area contributed by atoms with Gasteiger partial charge in [0.1, 0.15) is 5.75 Å². The van der Waals surface area contributed by atoms with Gasteiger partial charge in [0.15, 0.2) is 5.84 Å². The van der Waals surface area contributed by atoms with Gasteiger partial charge in [0.2, 0.25) is 0 Å². The summed E-state index contributed by atoms with van der Waals surface area (Å²) in [6.45, 7) is 3.39. The molecule has 0 fully saturated rings. The summed E-state index contributed by atoms with van der Waals surface area (Å²) in [6.07, 6.45) is 0. The van der Waals surface area contributed by atoms with Crippen molar-refractivity contribution < 1.29 is 9.94 Å². The van der Waals surface area contributed by atoms with Crippen molar-refractivity contribution in [1.82, 2.24) is 10.3 Å². The summed E-state index contributed by atoms with van der Waals surface area (Å²) in [5, 5.41) is 18.2. The number of thiazole rings is 1. The minimum atomic E-state index is 0.0318. The van der Waals surface area contributed by atoms with Crippen LogP contribution in [0.5, 0.6) is 5.75 Å². The molecule has 1 heterocycles. The molecule has 0 aliphatic rings. The molecule has 112 valence electrons. The maximum Gasteiger partial charge on any atom is 0.173 e. The van der Waals surface area contributed by atoms with Gasteiger partial charge in [-0.2, -0.15) is 0 Å². The van der Waals surface area contributed by atoms with Crippen molar-refractivity contribution in [1.29, 1.82) is 0 Å². The normalized spacial score (nSPS) is 11.6. The first-order valence-electron chi connectivity index (χ1n) is 6.40. The number of benzene rings is 1. The van der Waals surface area contributed by atoms with Crippen LogP contribution in [0.15, 0.2) is 28.7 Å². The second-order valence-electron chi connectivity index (χ2n) is 4.48. The molecule has 0 bridgehead atoms. The van der Waals surface area contributed by atoms with E-state index in [1.807, 2.05) is 24.4 Å². The molecule has 0 unspecified atom stereocenters. The van der Waals surface area contributed by atoms with Crippen molar-refractivity contribution in [2.45, 2.75) is 20.0 Å². The average Bonchev–Trinajstić information content (AvgIpc) is 2.91. The van der Waals surface area contributed by atoms with Gasteiger partial charge in [0.25, 0.3) is 0 Å². The Morgan fingerprint density at radius 1 is 1.48 bits per heavy atom. The maximum absolute atomic E-state index is 8.74. The minimum Gasteiger partial charge on any atom is -0.496 e. The van der Waals surface area contributed by atoms with Crippen LogP contribution in [-0.4, -0.2) is 23.1 Å². The topological polar surface area (TPSA) is 92.8 Å². The fraction of sp³-hybridized carbons (Fsp3) is 0.286. The number of nitrogens with one attached hydrogen (secondary N) is 1. The number of hydrogen-bond donors (Lipinski definition) is 3. The molecule has 0 amide bonds. The largest absolute Gasteiger partial charge is 0.496 e. The van der Waals surface area contributed by atoms with Gasteiger partial charge < -0.3 is 21.0 Å². The standard InChI is InChI=1S/C14H18N4O2S/c1-9-17-11(8-21-9)7-16-6-10-3-4-12(14(15)18-19)13(5-10)20-2/h3-5,8,16,19H,6-7H2,1-2H3,(H2,15,18). The van der Waals surface area contributed by atoms with Gasteiger partial charge in [-0.1, -0.05) is 11.2 Å². The zero-order valence-electron chi connectivity index (χ0n) is 12.0. The van der Waals surface area contributed by atoms with Crippen LogP contribution in [0.3, 0.4) is 0 Å². The lowest BCUT2D eigenvalue weighted by Gasteiger charge is -2.10. The van der Waals surface area contributed by atoms with E-state index in [1.54, 1.807) is 24.5 Å². The predicted molar refractivity (Wildman–Crippen MR) is 82.9 cm³/mol. The molecule has 0 saturated carbocycles. The monoisotopic (exact) mass is 306 g/mol. The van der Waals surface area contributed by atoms with Crippen LogP contribution in [0.2, 0.25) is 0 Å². The van der Waals surface area contributed by atoms with E-state index in [1.165, 1.54) is 0 Å². The molecule has 1 aromatic heterocycles. The molecule has 0 spiro atoms. The number of amidine groups is 1. The molecular weight excluding hydrogens is 288 g/mol. The molecule has 0 saturated heterocycles. The van der Waals surface area contributed by atoms with Crippen molar-refractivity contribution in [2.75, 3.05) is 7.11 Å². The van der Waals surface area contributed by atoms with Crippen molar-refractivity contribution >= 4 is 17.2 Å². The van der Waals surface area contributed by atoms with Crippen LogP contribution >= 0.6 is 11.3 Å². The van der Waals surface area contributed by atoms with Crippen LogP contribution < -0.4 is 15.8 Å². The fourth-order valence-electron chi connectivity index (χ4n) is 1.94. The van der Waals surface area contributed by atoms with E-state index in [0.717, 1.165) is 16.3 Å². The first-order chi connectivity index (χ1) is 10.1. The number of methoxy groups -OCH3 is 1. The lowest BCUT2D eigenvalue weighted by Crippen LogP contribution is -2.16. The molecule has 0 atom stereocenters. The summed E-state index contributed by atoms with van der Waals surface area (Å²) in [7, 11) is 1.55. The van der Waals surface area contributed by atoms with Gasteiger partial charge in [-0.05, 0) is 24.6 Å².